The summed E-state index contributed by atoms with van der Waals surface area (Å²) in [6.07, 6.45) is 4.69. The number of carbonyl (C=O) groups is 1. The zero-order valence-corrected chi connectivity index (χ0v) is 18.9. The van der Waals surface area contributed by atoms with Crippen LogP contribution in [-0.2, 0) is 19.0 Å². The van der Waals surface area contributed by atoms with Crippen molar-refractivity contribution in [2.75, 3.05) is 26.4 Å². The van der Waals surface area contributed by atoms with Gasteiger partial charge in [-0.25, -0.2) is 9.37 Å². The summed E-state index contributed by atoms with van der Waals surface area (Å²) >= 11 is 0. The average Bonchev–Trinajstić information content (AvgIpc) is 3.55. The number of aromatic amines is 1. The van der Waals surface area contributed by atoms with E-state index in [-0.39, 0.29) is 31.0 Å². The second-order valence-electron chi connectivity index (χ2n) is 8.95. The average molecular weight is 467 g/mol. The van der Waals surface area contributed by atoms with Gasteiger partial charge < -0.3 is 24.5 Å². The third kappa shape index (κ3) is 4.72. The first-order valence-electron chi connectivity index (χ1n) is 11.4. The monoisotopic (exact) mass is 466 g/mol. The fourth-order valence-electron chi connectivity index (χ4n) is 4.17. The van der Waals surface area contributed by atoms with Crippen LogP contribution in [0.2, 0.25) is 0 Å². The number of carbonyl (C=O) groups excluding carboxylic acids is 1. The molecule has 4 heterocycles. The molecule has 9 heteroatoms. The molecule has 2 fully saturated rings. The largest absolute Gasteiger partial charge is 0.376 e. The van der Waals surface area contributed by atoms with Gasteiger partial charge in [0.15, 0.2) is 5.82 Å². The van der Waals surface area contributed by atoms with Gasteiger partial charge >= 0.3 is 0 Å². The molecule has 0 saturated carbocycles. The van der Waals surface area contributed by atoms with Gasteiger partial charge in [0.2, 0.25) is 12.2 Å². The molecule has 2 aliphatic rings. The molecule has 0 bridgehead atoms. The highest BCUT2D eigenvalue weighted by atomic mass is 19.1. The van der Waals surface area contributed by atoms with Gasteiger partial charge in [-0.15, -0.1) is 0 Å². The van der Waals surface area contributed by atoms with E-state index < -0.39 is 11.7 Å². The third-order valence-electron chi connectivity index (χ3n) is 6.20. The number of halogens is 1. The maximum absolute atomic E-state index is 13.5. The van der Waals surface area contributed by atoms with E-state index in [2.05, 4.69) is 15.3 Å². The van der Waals surface area contributed by atoms with Crippen LogP contribution in [0.15, 0.2) is 48.8 Å². The SMILES string of the molecule is CC1(C(=O)NCC2CCCO2)COC(c2nc(-c3ccc(F)cc3)c(-c3ccncc3)[nH]2)OC1. The van der Waals surface area contributed by atoms with E-state index in [1.165, 1.54) is 12.1 Å². The van der Waals surface area contributed by atoms with Crippen molar-refractivity contribution in [2.24, 2.45) is 5.41 Å². The molecule has 8 nitrogen and oxygen atoms in total. The number of H-pyrrole nitrogens is 1. The van der Waals surface area contributed by atoms with E-state index in [0.29, 0.717) is 18.1 Å². The highest BCUT2D eigenvalue weighted by molar-refractivity contribution is 5.82. The molecular weight excluding hydrogens is 439 g/mol. The fraction of sp³-hybridized carbons (Fsp3) is 0.400. The van der Waals surface area contributed by atoms with Gasteiger partial charge in [0.1, 0.15) is 5.82 Å². The number of rotatable bonds is 6. The van der Waals surface area contributed by atoms with Crippen LogP contribution < -0.4 is 5.32 Å². The van der Waals surface area contributed by atoms with Crippen LogP contribution in [0.1, 0.15) is 31.9 Å². The van der Waals surface area contributed by atoms with Crippen LogP contribution in [0, 0.1) is 11.2 Å². The van der Waals surface area contributed by atoms with Crippen LogP contribution in [0.4, 0.5) is 4.39 Å². The molecule has 1 aromatic carbocycles. The minimum atomic E-state index is -0.810. The number of benzene rings is 1. The number of pyridine rings is 1. The van der Waals surface area contributed by atoms with Crippen molar-refractivity contribution in [3.8, 4) is 22.5 Å². The lowest BCUT2D eigenvalue weighted by atomic mass is 9.91. The molecule has 3 aromatic rings. The van der Waals surface area contributed by atoms with Crippen molar-refractivity contribution in [3.05, 3.63) is 60.4 Å². The Balaban J connectivity index is 1.32. The van der Waals surface area contributed by atoms with Crippen LogP contribution in [0.3, 0.4) is 0 Å². The van der Waals surface area contributed by atoms with Gasteiger partial charge in [0, 0.05) is 36.7 Å². The molecule has 2 N–H and O–H groups in total. The fourth-order valence-corrected chi connectivity index (χ4v) is 4.17. The molecule has 34 heavy (non-hydrogen) atoms. The minimum absolute atomic E-state index is 0.0744. The van der Waals surface area contributed by atoms with Crippen molar-refractivity contribution in [1.82, 2.24) is 20.3 Å². The van der Waals surface area contributed by atoms with Gasteiger partial charge in [-0.3, -0.25) is 9.78 Å². The van der Waals surface area contributed by atoms with Crippen molar-refractivity contribution in [1.29, 1.82) is 0 Å². The Morgan fingerprint density at radius 3 is 2.53 bits per heavy atom. The van der Waals surface area contributed by atoms with Gasteiger partial charge in [0.25, 0.3) is 0 Å². The van der Waals surface area contributed by atoms with Crippen molar-refractivity contribution in [2.45, 2.75) is 32.2 Å². The number of nitrogens with zero attached hydrogens (tertiary/aromatic N) is 2. The van der Waals surface area contributed by atoms with E-state index in [1.807, 2.05) is 19.1 Å². The summed E-state index contributed by atoms with van der Waals surface area (Å²) in [5, 5.41) is 2.97. The molecule has 0 spiro atoms. The first kappa shape index (κ1) is 22.6. The van der Waals surface area contributed by atoms with Gasteiger partial charge in [-0.05, 0) is 56.2 Å². The number of ether oxygens (including phenoxy) is 3. The van der Waals surface area contributed by atoms with Crippen molar-refractivity contribution >= 4 is 5.91 Å². The standard InChI is InChI=1S/C25H27FN4O4/c1-25(24(31)28-13-19-3-2-12-32-19)14-33-23(34-15-25)22-29-20(16-4-6-18(26)7-5-16)21(30-22)17-8-10-27-11-9-17/h4-11,19,23H,2-3,12-15H2,1H3,(H,28,31)(H,29,30). The Morgan fingerprint density at radius 2 is 1.85 bits per heavy atom. The lowest BCUT2D eigenvalue weighted by Crippen LogP contribution is -2.49. The van der Waals surface area contributed by atoms with Crippen molar-refractivity contribution < 1.29 is 23.4 Å². The highest BCUT2D eigenvalue weighted by Gasteiger charge is 2.41. The second kappa shape index (κ2) is 9.61. The summed E-state index contributed by atoms with van der Waals surface area (Å²) in [5.41, 5.74) is 2.22. The smallest absolute Gasteiger partial charge is 0.230 e. The topological polar surface area (TPSA) is 98.4 Å². The molecule has 2 aliphatic heterocycles. The lowest BCUT2D eigenvalue weighted by Gasteiger charge is -2.35. The lowest BCUT2D eigenvalue weighted by molar-refractivity contribution is -0.231. The summed E-state index contributed by atoms with van der Waals surface area (Å²) in [5.74, 6) is 0.0410. The highest BCUT2D eigenvalue weighted by Crippen LogP contribution is 2.35. The second-order valence-corrected chi connectivity index (χ2v) is 8.95. The molecular formula is C25H27FN4O4. The Hall–Kier alpha value is -3.14. The number of hydrogen-bond donors (Lipinski definition) is 2. The van der Waals surface area contributed by atoms with E-state index in [9.17, 15) is 9.18 Å². The summed E-state index contributed by atoms with van der Waals surface area (Å²) in [7, 11) is 0. The number of aromatic nitrogens is 3. The zero-order chi connectivity index (χ0) is 23.5. The molecule has 2 aromatic heterocycles. The Labute approximate surface area is 196 Å². The van der Waals surface area contributed by atoms with E-state index >= 15 is 0 Å². The number of nitrogens with one attached hydrogen (secondary N) is 2. The number of hydrogen-bond acceptors (Lipinski definition) is 6. The van der Waals surface area contributed by atoms with Gasteiger partial charge in [0.05, 0.1) is 36.1 Å². The summed E-state index contributed by atoms with van der Waals surface area (Å²) in [4.78, 5) is 24.9. The quantitative estimate of drug-likeness (QED) is 0.576. The Kier molecular flexibility index (Phi) is 6.40. The van der Waals surface area contributed by atoms with Crippen molar-refractivity contribution in [3.63, 3.8) is 0 Å². The molecule has 178 valence electrons. The number of imidazole rings is 1. The molecule has 1 unspecified atom stereocenters. The molecule has 1 amide bonds. The van der Waals surface area contributed by atoms with Crippen LogP contribution >= 0.6 is 0 Å². The van der Waals surface area contributed by atoms with E-state index in [1.54, 1.807) is 24.5 Å². The Bertz CT molecular complexity index is 1120. The van der Waals surface area contributed by atoms with Crippen LogP contribution in [0.25, 0.3) is 22.5 Å². The summed E-state index contributed by atoms with van der Waals surface area (Å²) < 4.78 is 31.0. The van der Waals surface area contributed by atoms with Gasteiger partial charge in [-0.2, -0.15) is 0 Å². The van der Waals surface area contributed by atoms with Crippen LogP contribution in [-0.4, -0.2) is 53.3 Å². The molecule has 0 radical (unpaired) electrons. The van der Waals surface area contributed by atoms with Gasteiger partial charge in [-0.1, -0.05) is 0 Å². The molecule has 1 atom stereocenters. The normalized spacial score (nSPS) is 24.8. The molecule has 5 rings (SSSR count). The third-order valence-corrected chi connectivity index (χ3v) is 6.20. The Morgan fingerprint density at radius 1 is 1.12 bits per heavy atom. The summed E-state index contributed by atoms with van der Waals surface area (Å²) in [6.45, 7) is 3.43. The predicted octanol–water partition coefficient (Wildman–Crippen LogP) is 3.62. The zero-order valence-electron chi connectivity index (χ0n) is 18.9. The van der Waals surface area contributed by atoms with Crippen LogP contribution in [0.5, 0.6) is 0 Å². The minimum Gasteiger partial charge on any atom is -0.376 e. The molecule has 0 aliphatic carbocycles. The van der Waals surface area contributed by atoms with E-state index in [4.69, 9.17) is 19.2 Å². The maximum Gasteiger partial charge on any atom is 0.230 e. The first-order valence-corrected chi connectivity index (χ1v) is 11.4. The molecule has 2 saturated heterocycles. The predicted molar refractivity (Wildman–Crippen MR) is 122 cm³/mol. The summed E-state index contributed by atoms with van der Waals surface area (Å²) in [6, 6.07) is 9.88. The maximum atomic E-state index is 13.5. The number of amides is 1. The van der Waals surface area contributed by atoms with E-state index in [0.717, 1.165) is 36.3 Å². The first-order chi connectivity index (χ1) is 16.5.